The molecule has 136 valence electrons. The zero-order valence-corrected chi connectivity index (χ0v) is 14.8. The van der Waals surface area contributed by atoms with E-state index in [9.17, 15) is 14.9 Å². The first-order valence-corrected chi connectivity index (χ1v) is 8.16. The summed E-state index contributed by atoms with van der Waals surface area (Å²) in [6.45, 7) is 3.77. The SMILES string of the molecule is Cc1cc(C)nc(Nc2cccc(C(=O)Nc3ccc([N+](=O)[O-])cc3)c2)n1. The Kier molecular flexibility index (Phi) is 5.07. The van der Waals surface area contributed by atoms with Crippen molar-refractivity contribution in [1.29, 1.82) is 0 Å². The second-order valence-electron chi connectivity index (χ2n) is 5.94. The van der Waals surface area contributed by atoms with Gasteiger partial charge >= 0.3 is 0 Å². The molecule has 8 nitrogen and oxygen atoms in total. The van der Waals surface area contributed by atoms with Crippen LogP contribution in [0, 0.1) is 24.0 Å². The summed E-state index contributed by atoms with van der Waals surface area (Å²) in [6, 6.07) is 14.4. The maximum Gasteiger partial charge on any atom is 0.269 e. The second kappa shape index (κ2) is 7.61. The van der Waals surface area contributed by atoms with Crippen LogP contribution in [0.15, 0.2) is 54.6 Å². The van der Waals surface area contributed by atoms with Gasteiger partial charge in [-0.25, -0.2) is 9.97 Å². The first-order chi connectivity index (χ1) is 12.9. The van der Waals surface area contributed by atoms with Crippen LogP contribution in [0.5, 0.6) is 0 Å². The first-order valence-electron chi connectivity index (χ1n) is 8.16. The van der Waals surface area contributed by atoms with Crippen LogP contribution in [-0.2, 0) is 0 Å². The van der Waals surface area contributed by atoms with Gasteiger partial charge in [-0.05, 0) is 50.2 Å². The Morgan fingerprint density at radius 1 is 0.963 bits per heavy atom. The van der Waals surface area contributed by atoms with Crippen molar-refractivity contribution in [2.45, 2.75) is 13.8 Å². The van der Waals surface area contributed by atoms with Crippen molar-refractivity contribution in [2.24, 2.45) is 0 Å². The molecule has 0 bridgehead atoms. The Morgan fingerprint density at radius 3 is 2.26 bits per heavy atom. The number of carbonyl (C=O) groups is 1. The number of anilines is 3. The summed E-state index contributed by atoms with van der Waals surface area (Å²) < 4.78 is 0. The van der Waals surface area contributed by atoms with Gasteiger partial charge in [0.15, 0.2) is 0 Å². The van der Waals surface area contributed by atoms with Gasteiger partial charge in [0, 0.05) is 40.5 Å². The molecular weight excluding hydrogens is 346 g/mol. The Balaban J connectivity index is 1.74. The standard InChI is InChI=1S/C19H17N5O3/c1-12-10-13(2)21-19(20-12)23-16-5-3-4-14(11-16)18(25)22-15-6-8-17(9-7-15)24(26)27/h3-11H,1-2H3,(H,22,25)(H,20,21,23). The minimum atomic E-state index is -0.490. The van der Waals surface area contributed by atoms with Crippen LogP contribution >= 0.6 is 0 Å². The normalized spacial score (nSPS) is 10.3. The van der Waals surface area contributed by atoms with Crippen LogP contribution < -0.4 is 10.6 Å². The number of nitro groups is 1. The highest BCUT2D eigenvalue weighted by Crippen LogP contribution is 2.19. The van der Waals surface area contributed by atoms with Crippen molar-refractivity contribution < 1.29 is 9.72 Å². The van der Waals surface area contributed by atoms with Crippen LogP contribution in [0.3, 0.4) is 0 Å². The van der Waals surface area contributed by atoms with Gasteiger partial charge in [-0.3, -0.25) is 14.9 Å². The maximum absolute atomic E-state index is 12.4. The molecule has 0 saturated carbocycles. The molecule has 2 aromatic carbocycles. The quantitative estimate of drug-likeness (QED) is 0.524. The average molecular weight is 363 g/mol. The molecule has 1 amide bonds. The summed E-state index contributed by atoms with van der Waals surface area (Å²) in [4.78, 5) is 31.3. The number of non-ortho nitro benzene ring substituents is 1. The molecule has 0 spiro atoms. The molecule has 27 heavy (non-hydrogen) atoms. The van der Waals surface area contributed by atoms with Gasteiger partial charge in [0.2, 0.25) is 5.95 Å². The van der Waals surface area contributed by atoms with E-state index < -0.39 is 4.92 Å². The van der Waals surface area contributed by atoms with Crippen LogP contribution in [0.4, 0.5) is 23.0 Å². The smallest absolute Gasteiger partial charge is 0.269 e. The number of aryl methyl sites for hydroxylation is 2. The lowest BCUT2D eigenvalue weighted by atomic mass is 10.2. The largest absolute Gasteiger partial charge is 0.324 e. The van der Waals surface area contributed by atoms with Crippen molar-refractivity contribution in [1.82, 2.24) is 9.97 Å². The Hall–Kier alpha value is -3.81. The first kappa shape index (κ1) is 18.0. The van der Waals surface area contributed by atoms with Crippen molar-refractivity contribution >= 4 is 28.9 Å². The van der Waals surface area contributed by atoms with Crippen LogP contribution in [-0.4, -0.2) is 20.8 Å². The van der Waals surface area contributed by atoms with Gasteiger partial charge in [0.25, 0.3) is 11.6 Å². The molecule has 0 atom stereocenters. The van der Waals surface area contributed by atoms with Crippen LogP contribution in [0.25, 0.3) is 0 Å². The van der Waals surface area contributed by atoms with E-state index in [0.717, 1.165) is 11.4 Å². The average Bonchev–Trinajstić information content (AvgIpc) is 2.61. The molecule has 3 aromatic rings. The molecule has 0 radical (unpaired) electrons. The number of nitrogens with one attached hydrogen (secondary N) is 2. The Morgan fingerprint density at radius 2 is 1.63 bits per heavy atom. The van der Waals surface area contributed by atoms with Crippen molar-refractivity contribution in [3.05, 3.63) is 81.7 Å². The molecular formula is C19H17N5O3. The number of nitrogens with zero attached hydrogens (tertiary/aromatic N) is 3. The molecule has 0 aliphatic rings. The van der Waals surface area contributed by atoms with E-state index in [0.29, 0.717) is 22.9 Å². The topological polar surface area (TPSA) is 110 Å². The summed E-state index contributed by atoms with van der Waals surface area (Å²) in [7, 11) is 0. The van der Waals surface area contributed by atoms with Crippen LogP contribution in [0.2, 0.25) is 0 Å². The molecule has 0 fully saturated rings. The molecule has 1 aromatic heterocycles. The number of hydrogen-bond donors (Lipinski definition) is 2. The number of amides is 1. The minimum absolute atomic E-state index is 0.0346. The fraction of sp³-hybridized carbons (Fsp3) is 0.105. The zero-order valence-electron chi connectivity index (χ0n) is 14.8. The molecule has 1 heterocycles. The lowest BCUT2D eigenvalue weighted by molar-refractivity contribution is -0.384. The summed E-state index contributed by atoms with van der Waals surface area (Å²) in [5.41, 5.74) is 3.24. The van der Waals surface area contributed by atoms with E-state index in [1.807, 2.05) is 26.0 Å². The summed E-state index contributed by atoms with van der Waals surface area (Å²) in [5.74, 6) is 0.134. The van der Waals surface area contributed by atoms with E-state index >= 15 is 0 Å². The van der Waals surface area contributed by atoms with Gasteiger partial charge in [-0.2, -0.15) is 0 Å². The maximum atomic E-state index is 12.4. The Bertz CT molecular complexity index is 982. The predicted octanol–water partition coefficient (Wildman–Crippen LogP) is 4.00. The zero-order chi connectivity index (χ0) is 19.4. The number of aromatic nitrogens is 2. The third kappa shape index (κ3) is 4.63. The minimum Gasteiger partial charge on any atom is -0.324 e. The third-order valence-corrected chi connectivity index (χ3v) is 3.70. The van der Waals surface area contributed by atoms with Crippen molar-refractivity contribution in [3.8, 4) is 0 Å². The highest BCUT2D eigenvalue weighted by molar-refractivity contribution is 6.04. The third-order valence-electron chi connectivity index (χ3n) is 3.70. The molecule has 0 saturated heterocycles. The van der Waals surface area contributed by atoms with E-state index in [2.05, 4.69) is 20.6 Å². The van der Waals surface area contributed by atoms with Crippen LogP contribution in [0.1, 0.15) is 21.7 Å². The number of hydrogen-bond acceptors (Lipinski definition) is 6. The van der Waals surface area contributed by atoms with E-state index in [-0.39, 0.29) is 11.6 Å². The summed E-state index contributed by atoms with van der Waals surface area (Å²) >= 11 is 0. The molecule has 8 heteroatoms. The lowest BCUT2D eigenvalue weighted by Gasteiger charge is -2.09. The van der Waals surface area contributed by atoms with Gasteiger partial charge in [0.1, 0.15) is 0 Å². The molecule has 3 rings (SSSR count). The summed E-state index contributed by atoms with van der Waals surface area (Å²) in [5, 5.41) is 16.5. The van der Waals surface area contributed by atoms with Crippen molar-refractivity contribution in [2.75, 3.05) is 10.6 Å². The second-order valence-corrected chi connectivity index (χ2v) is 5.94. The number of nitro benzene ring substituents is 1. The monoisotopic (exact) mass is 363 g/mol. The van der Waals surface area contributed by atoms with Crippen molar-refractivity contribution in [3.63, 3.8) is 0 Å². The summed E-state index contributed by atoms with van der Waals surface area (Å²) in [6.07, 6.45) is 0. The Labute approximate surface area is 155 Å². The molecule has 0 aliphatic heterocycles. The van der Waals surface area contributed by atoms with Gasteiger partial charge < -0.3 is 10.6 Å². The predicted molar refractivity (Wildman–Crippen MR) is 102 cm³/mol. The fourth-order valence-electron chi connectivity index (χ4n) is 2.52. The van der Waals surface area contributed by atoms with Gasteiger partial charge in [-0.15, -0.1) is 0 Å². The number of carbonyl (C=O) groups excluding carboxylic acids is 1. The fourth-order valence-corrected chi connectivity index (χ4v) is 2.52. The number of rotatable bonds is 5. The van der Waals surface area contributed by atoms with E-state index in [1.54, 1.807) is 18.2 Å². The molecule has 0 aliphatic carbocycles. The van der Waals surface area contributed by atoms with E-state index in [1.165, 1.54) is 24.3 Å². The van der Waals surface area contributed by atoms with Gasteiger partial charge in [0.05, 0.1) is 4.92 Å². The highest BCUT2D eigenvalue weighted by atomic mass is 16.6. The number of benzene rings is 2. The van der Waals surface area contributed by atoms with E-state index in [4.69, 9.17) is 0 Å². The molecule has 2 N–H and O–H groups in total. The lowest BCUT2D eigenvalue weighted by Crippen LogP contribution is -2.12. The molecule has 0 unspecified atom stereocenters. The highest BCUT2D eigenvalue weighted by Gasteiger charge is 2.10. The van der Waals surface area contributed by atoms with Gasteiger partial charge in [-0.1, -0.05) is 6.07 Å².